The molecule has 0 aromatic rings. The zero-order chi connectivity index (χ0) is 7.49. The van der Waals surface area contributed by atoms with Gasteiger partial charge in [0.1, 0.15) is 0 Å². The van der Waals surface area contributed by atoms with Gasteiger partial charge < -0.3 is 0 Å². The summed E-state index contributed by atoms with van der Waals surface area (Å²) in [6, 6.07) is 0. The predicted octanol–water partition coefficient (Wildman–Crippen LogP) is 2.30. The predicted molar refractivity (Wildman–Crippen MR) is 37.2 cm³/mol. The van der Waals surface area contributed by atoms with E-state index in [9.17, 15) is 0 Å². The van der Waals surface area contributed by atoms with E-state index in [-0.39, 0.29) is 5.60 Å². The van der Waals surface area contributed by atoms with Crippen molar-refractivity contribution in [2.24, 2.45) is 5.92 Å². The molecule has 2 nitrogen and oxygen atoms in total. The summed E-state index contributed by atoms with van der Waals surface area (Å²) in [6.07, 6.45) is 0.878. The van der Waals surface area contributed by atoms with Gasteiger partial charge in [-0.1, -0.05) is 13.8 Å². The van der Waals surface area contributed by atoms with Gasteiger partial charge in [-0.25, -0.2) is 4.89 Å². The minimum atomic E-state index is -0.381. The second-order valence-electron chi connectivity index (χ2n) is 3.45. The first-order valence-electron chi connectivity index (χ1n) is 3.30. The van der Waals surface area contributed by atoms with Crippen molar-refractivity contribution < 1.29 is 10.1 Å². The molecule has 0 aliphatic heterocycles. The Balaban J connectivity index is 3.58. The van der Waals surface area contributed by atoms with E-state index in [0.29, 0.717) is 5.92 Å². The number of hydrogen-bond acceptors (Lipinski definition) is 2. The molecule has 0 aromatic carbocycles. The van der Waals surface area contributed by atoms with Gasteiger partial charge in [-0.3, -0.25) is 5.26 Å². The summed E-state index contributed by atoms with van der Waals surface area (Å²) < 4.78 is 0. The van der Waals surface area contributed by atoms with E-state index in [0.717, 1.165) is 6.42 Å². The average Bonchev–Trinajstić information content (AvgIpc) is 1.63. The van der Waals surface area contributed by atoms with E-state index in [1.807, 2.05) is 13.8 Å². The smallest absolute Gasteiger partial charge is 0.0979 e. The second-order valence-corrected chi connectivity index (χ2v) is 3.45. The topological polar surface area (TPSA) is 29.5 Å². The molecule has 2 heteroatoms. The molecule has 0 heterocycles. The fourth-order valence-corrected chi connectivity index (χ4v) is 1.02. The lowest BCUT2D eigenvalue weighted by Crippen LogP contribution is -2.24. The molecule has 0 saturated carbocycles. The van der Waals surface area contributed by atoms with Crippen molar-refractivity contribution in [1.29, 1.82) is 0 Å². The molecule has 0 unspecified atom stereocenters. The molecule has 0 aliphatic carbocycles. The molecule has 0 saturated heterocycles. The van der Waals surface area contributed by atoms with Crippen LogP contribution in [0.25, 0.3) is 0 Å². The molecule has 0 rings (SSSR count). The van der Waals surface area contributed by atoms with Crippen molar-refractivity contribution >= 4 is 0 Å². The van der Waals surface area contributed by atoms with Crippen LogP contribution in [-0.4, -0.2) is 10.9 Å². The molecule has 0 aliphatic rings. The summed E-state index contributed by atoms with van der Waals surface area (Å²) in [6.45, 7) is 7.93. The van der Waals surface area contributed by atoms with Gasteiger partial charge in [-0.05, 0) is 26.2 Å². The van der Waals surface area contributed by atoms with Crippen molar-refractivity contribution in [1.82, 2.24) is 0 Å². The second kappa shape index (κ2) is 3.18. The molecular weight excluding hydrogens is 116 g/mol. The molecule has 56 valence electrons. The summed E-state index contributed by atoms with van der Waals surface area (Å²) >= 11 is 0. The Morgan fingerprint density at radius 3 is 2.00 bits per heavy atom. The lowest BCUT2D eigenvalue weighted by molar-refractivity contribution is -0.316. The highest BCUT2D eigenvalue weighted by Crippen LogP contribution is 2.18. The van der Waals surface area contributed by atoms with Crippen molar-refractivity contribution in [3.05, 3.63) is 0 Å². The fraction of sp³-hybridized carbons (Fsp3) is 1.00. The first-order valence-corrected chi connectivity index (χ1v) is 3.30. The standard InChI is InChI=1S/C7H16O2/c1-6(2)5-7(3,4)9-8/h6,8H,5H2,1-4H3. The Morgan fingerprint density at radius 1 is 1.44 bits per heavy atom. The van der Waals surface area contributed by atoms with Gasteiger partial charge in [0.2, 0.25) is 0 Å². The van der Waals surface area contributed by atoms with Crippen LogP contribution in [0.3, 0.4) is 0 Å². The van der Waals surface area contributed by atoms with Crippen LogP contribution in [0, 0.1) is 5.92 Å². The van der Waals surface area contributed by atoms with Crippen molar-refractivity contribution in [3.63, 3.8) is 0 Å². The molecular formula is C7H16O2. The van der Waals surface area contributed by atoms with Crippen LogP contribution in [-0.2, 0) is 4.89 Å². The van der Waals surface area contributed by atoms with E-state index < -0.39 is 0 Å². The van der Waals surface area contributed by atoms with Gasteiger partial charge in [-0.15, -0.1) is 0 Å². The molecule has 1 N–H and O–H groups in total. The normalized spacial score (nSPS) is 12.7. The van der Waals surface area contributed by atoms with E-state index in [4.69, 9.17) is 5.26 Å². The third-order valence-electron chi connectivity index (χ3n) is 1.15. The quantitative estimate of drug-likeness (QED) is 0.471. The molecule has 0 atom stereocenters. The first kappa shape index (κ1) is 8.92. The first-order chi connectivity index (χ1) is 3.98. The highest BCUT2D eigenvalue weighted by molar-refractivity contribution is 4.67. The van der Waals surface area contributed by atoms with Crippen LogP contribution >= 0.6 is 0 Å². The van der Waals surface area contributed by atoms with Crippen LogP contribution in [0.2, 0.25) is 0 Å². The molecule has 0 amide bonds. The minimum absolute atomic E-state index is 0.381. The van der Waals surface area contributed by atoms with E-state index in [2.05, 4.69) is 18.7 Å². The highest BCUT2D eigenvalue weighted by atomic mass is 17.1. The minimum Gasteiger partial charge on any atom is -0.251 e. The number of hydrogen-bond donors (Lipinski definition) is 1. The zero-order valence-corrected chi connectivity index (χ0v) is 6.64. The number of rotatable bonds is 3. The van der Waals surface area contributed by atoms with Gasteiger partial charge >= 0.3 is 0 Å². The van der Waals surface area contributed by atoms with Gasteiger partial charge in [0.15, 0.2) is 0 Å². The Hall–Kier alpha value is -0.0800. The Morgan fingerprint density at radius 2 is 1.89 bits per heavy atom. The van der Waals surface area contributed by atoms with E-state index in [1.165, 1.54) is 0 Å². The molecule has 9 heavy (non-hydrogen) atoms. The van der Waals surface area contributed by atoms with Gasteiger partial charge in [0.25, 0.3) is 0 Å². The largest absolute Gasteiger partial charge is 0.251 e. The van der Waals surface area contributed by atoms with Crippen molar-refractivity contribution in [2.45, 2.75) is 39.7 Å². The maximum atomic E-state index is 8.34. The lowest BCUT2D eigenvalue weighted by Gasteiger charge is -2.21. The molecule has 0 fully saturated rings. The highest BCUT2D eigenvalue weighted by Gasteiger charge is 2.19. The van der Waals surface area contributed by atoms with Gasteiger partial charge in [0, 0.05) is 0 Å². The summed E-state index contributed by atoms with van der Waals surface area (Å²) in [5, 5.41) is 8.34. The van der Waals surface area contributed by atoms with Gasteiger partial charge in [0.05, 0.1) is 5.60 Å². The zero-order valence-electron chi connectivity index (χ0n) is 6.64. The third-order valence-corrected chi connectivity index (χ3v) is 1.15. The van der Waals surface area contributed by atoms with Crippen LogP contribution < -0.4 is 0 Å². The molecule has 0 bridgehead atoms. The SMILES string of the molecule is CC(C)CC(C)(C)OO. The monoisotopic (exact) mass is 132 g/mol. The summed E-state index contributed by atoms with van der Waals surface area (Å²) in [4.78, 5) is 4.25. The fourth-order valence-electron chi connectivity index (χ4n) is 1.02. The van der Waals surface area contributed by atoms with Crippen molar-refractivity contribution in [2.75, 3.05) is 0 Å². The Kier molecular flexibility index (Phi) is 3.15. The van der Waals surface area contributed by atoms with Crippen molar-refractivity contribution in [3.8, 4) is 0 Å². The van der Waals surface area contributed by atoms with Crippen LogP contribution in [0.15, 0.2) is 0 Å². The maximum absolute atomic E-state index is 8.34. The molecule has 0 aromatic heterocycles. The third kappa shape index (κ3) is 4.43. The Labute approximate surface area is 56.8 Å². The lowest BCUT2D eigenvalue weighted by atomic mass is 9.97. The van der Waals surface area contributed by atoms with Crippen LogP contribution in [0.4, 0.5) is 0 Å². The van der Waals surface area contributed by atoms with E-state index in [1.54, 1.807) is 0 Å². The van der Waals surface area contributed by atoms with Crippen LogP contribution in [0.1, 0.15) is 34.1 Å². The summed E-state index contributed by atoms with van der Waals surface area (Å²) in [5.74, 6) is 0.562. The molecule has 0 spiro atoms. The summed E-state index contributed by atoms with van der Waals surface area (Å²) in [5.41, 5.74) is -0.381. The summed E-state index contributed by atoms with van der Waals surface area (Å²) in [7, 11) is 0. The van der Waals surface area contributed by atoms with Gasteiger partial charge in [-0.2, -0.15) is 0 Å². The molecule has 0 radical (unpaired) electrons. The Bertz CT molecular complexity index is 77.0. The average molecular weight is 132 g/mol. The van der Waals surface area contributed by atoms with E-state index >= 15 is 0 Å². The van der Waals surface area contributed by atoms with Crippen LogP contribution in [0.5, 0.6) is 0 Å². The maximum Gasteiger partial charge on any atom is 0.0979 e.